The highest BCUT2D eigenvalue weighted by molar-refractivity contribution is 1.82. The van der Waals surface area contributed by atoms with Gasteiger partial charge in [0, 0.05) is 0 Å². The molecule has 0 aromatic rings. The molecule has 16 N–H and O–H groups in total. The Labute approximate surface area is 50.3 Å². The van der Waals surface area contributed by atoms with Crippen molar-refractivity contribution in [3.8, 4) is 0 Å². The average Bonchev–Trinajstić information content (AvgIpc) is 1.00. The Bertz CT molecular complexity index is 0. The van der Waals surface area contributed by atoms with Gasteiger partial charge in [-0.1, -0.05) is 0 Å². The fraction of sp³-hybridized carbons (Fsp3) is 0. The predicted molar refractivity (Wildman–Crippen MR) is 30.6 cm³/mol. The van der Waals surface area contributed by atoms with Crippen molar-refractivity contribution in [3.63, 3.8) is 0 Å². The molecule has 0 aromatic heterocycles. The van der Waals surface area contributed by atoms with Gasteiger partial charge in [-0.05, 0) is 0 Å². The van der Waals surface area contributed by atoms with Gasteiger partial charge in [-0.3, -0.25) is 10.5 Å². The molecule has 0 atom stereocenters. The van der Waals surface area contributed by atoms with Gasteiger partial charge in [0.25, 0.3) is 0 Å². The predicted octanol–water partition coefficient (Wildman–Crippen LogP) is -5.76. The van der Waals surface area contributed by atoms with Crippen LogP contribution >= 0.6 is 0 Å². The van der Waals surface area contributed by atoms with Crippen molar-refractivity contribution >= 4 is 0 Å². The topological polar surface area (TPSA) is 261 Å². The summed E-state index contributed by atoms with van der Waals surface area (Å²) >= 11 is 0. The lowest BCUT2D eigenvalue weighted by molar-refractivity contribution is -0.176. The van der Waals surface area contributed by atoms with E-state index in [2.05, 4.69) is 0 Å². The second-order valence-electron chi connectivity index (χ2n) is 0. The maximum absolute atomic E-state index is 6.00. The van der Waals surface area contributed by atoms with Gasteiger partial charge in [0.2, 0.25) is 0 Å². The van der Waals surface area contributed by atoms with Crippen molar-refractivity contribution in [1.82, 2.24) is 0 Å². The van der Waals surface area contributed by atoms with E-state index in [4.69, 9.17) is 10.5 Å². The van der Waals surface area contributed by atoms with E-state index in [1.807, 2.05) is 0 Å². The Kier molecular flexibility index (Phi) is 356000. The van der Waals surface area contributed by atoms with Crippen LogP contribution in [0.25, 0.3) is 0 Å². The molecule has 0 amide bonds. The molecule has 0 aliphatic heterocycles. The van der Waals surface area contributed by atoms with Crippen LogP contribution in [0.4, 0.5) is 0 Å². The molecule has 0 radical (unpaired) electrons. The minimum absolute atomic E-state index is 0. The molecule has 0 fully saturated rings. The zero-order valence-corrected chi connectivity index (χ0v) is 4.39. The van der Waals surface area contributed by atoms with Crippen molar-refractivity contribution < 1.29 is 48.8 Å². The van der Waals surface area contributed by atoms with Crippen LogP contribution in [0.5, 0.6) is 0 Å². The van der Waals surface area contributed by atoms with E-state index in [0.717, 1.165) is 0 Å². The summed E-state index contributed by atoms with van der Waals surface area (Å²) in [6.07, 6.45) is 0. The first kappa shape index (κ1) is 1230. The highest BCUT2D eigenvalue weighted by atomic mass is 17.0. The van der Waals surface area contributed by atoms with Crippen molar-refractivity contribution in [1.29, 1.82) is 0 Å². The van der Waals surface area contributed by atoms with Crippen LogP contribution < -0.4 is 0 Å². The molecule has 0 aliphatic carbocycles. The molecule has 0 spiro atoms. The first-order valence-corrected chi connectivity index (χ1v) is 0.200. The quantitative estimate of drug-likeness (QED) is 0.259. The summed E-state index contributed by atoms with van der Waals surface area (Å²) in [6, 6.07) is 0. The first-order chi connectivity index (χ1) is 1.00. The van der Waals surface area contributed by atoms with Crippen molar-refractivity contribution in [2.75, 3.05) is 0 Å². The van der Waals surface area contributed by atoms with Crippen LogP contribution in [0, 0.1) is 0 Å². The fourth-order valence-corrected chi connectivity index (χ4v) is 0. The normalized spacial score (nSPS) is 0.667. The molecule has 0 aliphatic rings. The van der Waals surface area contributed by atoms with Gasteiger partial charge >= 0.3 is 0 Å². The number of hydrogen-bond donors (Lipinski definition) is 2. The maximum Gasteiger partial charge on any atom is -0.255 e. The number of rotatable bonds is 0. The summed E-state index contributed by atoms with van der Waals surface area (Å²) < 4.78 is 0. The van der Waals surface area contributed by atoms with Gasteiger partial charge in [-0.2, -0.15) is 0 Å². The molecule has 9 nitrogen and oxygen atoms in total. The lowest BCUT2D eigenvalue weighted by Crippen LogP contribution is -1.29. The highest BCUT2D eigenvalue weighted by Crippen LogP contribution is 0.711. The molecular weight excluding hydrogens is 144 g/mol. The van der Waals surface area contributed by atoms with Gasteiger partial charge in [-0.25, -0.2) is 0 Å². The largest absolute Gasteiger partial charge is 0.412 e. The molecule has 9 heavy (non-hydrogen) atoms. The molecule has 0 heterocycles. The molecule has 0 unspecified atom stereocenters. The highest BCUT2D eigenvalue weighted by Gasteiger charge is 0.745. The molecular formula is H16O9. The first-order valence-electron chi connectivity index (χ1n) is 0.200. The fourth-order valence-electron chi connectivity index (χ4n) is 0. The van der Waals surface area contributed by atoms with E-state index in [9.17, 15) is 0 Å². The molecule has 0 bridgehead atoms. The van der Waals surface area contributed by atoms with E-state index in [1.165, 1.54) is 0 Å². The zero-order valence-electron chi connectivity index (χ0n) is 4.39. The van der Waals surface area contributed by atoms with E-state index in [-0.39, 0.29) is 38.3 Å². The molecule has 70 valence electrons. The second-order valence-corrected chi connectivity index (χ2v) is 0. The smallest absolute Gasteiger partial charge is 0.255 e. The summed E-state index contributed by atoms with van der Waals surface area (Å²) in [7, 11) is 0. The van der Waals surface area contributed by atoms with Crippen LogP contribution in [-0.4, -0.2) is 48.8 Å². The Hall–Kier alpha value is -0.360. The third kappa shape index (κ3) is 1880. The zero-order chi connectivity index (χ0) is 2.00. The third-order valence-corrected chi connectivity index (χ3v) is 0. The van der Waals surface area contributed by atoms with E-state index < -0.39 is 0 Å². The Morgan fingerprint density at radius 2 is 0.333 bits per heavy atom. The minimum Gasteiger partial charge on any atom is -0.412 e. The Morgan fingerprint density at radius 3 is 0.333 bits per heavy atom. The molecule has 0 saturated heterocycles. The average molecular weight is 160 g/mol. The van der Waals surface area contributed by atoms with Crippen molar-refractivity contribution in [3.05, 3.63) is 0 Å². The molecule has 0 rings (SSSR count). The van der Waals surface area contributed by atoms with Gasteiger partial charge in [-0.15, -0.1) is 0 Å². The van der Waals surface area contributed by atoms with Crippen LogP contribution in [-0.2, 0) is 0 Å². The monoisotopic (exact) mass is 160 g/mol. The van der Waals surface area contributed by atoms with Crippen molar-refractivity contribution in [2.24, 2.45) is 0 Å². The van der Waals surface area contributed by atoms with Crippen LogP contribution in [0.1, 0.15) is 0 Å². The van der Waals surface area contributed by atoms with E-state index >= 15 is 0 Å². The maximum atomic E-state index is 6.00. The third-order valence-electron chi connectivity index (χ3n) is 0. The summed E-state index contributed by atoms with van der Waals surface area (Å²) in [5.74, 6) is 0. The standard InChI is InChI=1S/H2O2.7H2O/c1-2;;;;;;;/h1-2H;7*1H2. The van der Waals surface area contributed by atoms with Gasteiger partial charge in [0.15, 0.2) is 0 Å². The summed E-state index contributed by atoms with van der Waals surface area (Å²) in [5.41, 5.74) is 0. The van der Waals surface area contributed by atoms with Gasteiger partial charge < -0.3 is 38.3 Å². The van der Waals surface area contributed by atoms with E-state index in [0.29, 0.717) is 0 Å². The summed E-state index contributed by atoms with van der Waals surface area (Å²) in [6.45, 7) is 0. The SMILES string of the molecule is O.O.O.O.O.O.O.OO. The Balaban J connectivity index is -0.000000000238. The number of hydrogen-bond acceptors (Lipinski definition) is 2. The van der Waals surface area contributed by atoms with Crippen LogP contribution in [0.3, 0.4) is 0 Å². The molecule has 0 aromatic carbocycles. The molecule has 0 saturated carbocycles. The minimum atomic E-state index is 0. The van der Waals surface area contributed by atoms with E-state index in [1.54, 1.807) is 0 Å². The Morgan fingerprint density at radius 1 is 0.333 bits per heavy atom. The van der Waals surface area contributed by atoms with Gasteiger partial charge in [0.1, 0.15) is 0 Å². The van der Waals surface area contributed by atoms with Crippen LogP contribution in [0.2, 0.25) is 0 Å². The lowest BCUT2D eigenvalue weighted by Gasteiger charge is -1.25. The van der Waals surface area contributed by atoms with Gasteiger partial charge in [0.05, 0.1) is 0 Å². The van der Waals surface area contributed by atoms with Crippen LogP contribution in [0.15, 0.2) is 0 Å². The summed E-state index contributed by atoms with van der Waals surface area (Å²) in [5, 5.41) is 12.0. The summed E-state index contributed by atoms with van der Waals surface area (Å²) in [4.78, 5) is 0. The lowest BCUT2D eigenvalue weighted by atomic mass is 15.0. The second kappa shape index (κ2) is 2600. The van der Waals surface area contributed by atoms with Crippen molar-refractivity contribution in [2.45, 2.75) is 0 Å². The molecule has 9 heteroatoms.